The van der Waals surface area contributed by atoms with Gasteiger partial charge in [0.1, 0.15) is 12.2 Å². The van der Waals surface area contributed by atoms with Crippen molar-refractivity contribution < 1.29 is 19.3 Å². The first-order valence-corrected chi connectivity index (χ1v) is 12.0. The maximum Gasteiger partial charge on any atom is 0.226 e. The van der Waals surface area contributed by atoms with Gasteiger partial charge in [0.2, 0.25) is 5.28 Å². The van der Waals surface area contributed by atoms with E-state index in [1.807, 2.05) is 0 Å². The van der Waals surface area contributed by atoms with Gasteiger partial charge in [-0.1, -0.05) is 24.3 Å². The minimum atomic E-state index is -2.06. The fraction of sp³-hybridized carbons (Fsp3) is 0.450. The van der Waals surface area contributed by atoms with Gasteiger partial charge in [0.05, 0.1) is 30.3 Å². The van der Waals surface area contributed by atoms with E-state index in [4.69, 9.17) is 30.9 Å². The summed E-state index contributed by atoms with van der Waals surface area (Å²) in [6, 6.07) is 8.60. The van der Waals surface area contributed by atoms with Crippen molar-refractivity contribution in [3.05, 3.63) is 46.9 Å². The van der Waals surface area contributed by atoms with Gasteiger partial charge in [-0.3, -0.25) is 0 Å². The fourth-order valence-corrected chi connectivity index (χ4v) is 4.78. The molecule has 5 rings (SSSR count). The molecule has 164 valence electrons. The van der Waals surface area contributed by atoms with Crippen LogP contribution >= 0.6 is 20.0 Å². The lowest BCUT2D eigenvalue weighted by molar-refractivity contribution is -0.0384. The van der Waals surface area contributed by atoms with Crippen molar-refractivity contribution in [2.24, 2.45) is 0 Å². The van der Waals surface area contributed by atoms with E-state index >= 15 is 0 Å². The molecule has 0 bridgehead atoms. The van der Waals surface area contributed by atoms with Gasteiger partial charge in [0.25, 0.3) is 0 Å². The number of rotatable bonds is 7. The average Bonchev–Trinajstić information content (AvgIpc) is 3.46. The Morgan fingerprint density at radius 1 is 1.23 bits per heavy atom. The lowest BCUT2D eigenvalue weighted by atomic mass is 10.1. The molecule has 3 aromatic rings. The molecular weight excluding hydrogens is 441 g/mol. The second-order valence-electron chi connectivity index (χ2n) is 7.76. The summed E-state index contributed by atoms with van der Waals surface area (Å²) in [6.07, 6.45) is 4.80. The van der Waals surface area contributed by atoms with Crippen LogP contribution in [0.4, 0.5) is 5.82 Å². The third kappa shape index (κ3) is 4.39. The Morgan fingerprint density at radius 2 is 2.10 bits per heavy atom. The van der Waals surface area contributed by atoms with E-state index in [2.05, 4.69) is 44.6 Å². The Morgan fingerprint density at radius 3 is 2.97 bits per heavy atom. The van der Waals surface area contributed by atoms with Gasteiger partial charge in [-0.15, -0.1) is 0 Å². The van der Waals surface area contributed by atoms with Crippen LogP contribution in [0, 0.1) is 0 Å². The monoisotopic (exact) mass is 463 g/mol. The molecule has 3 heterocycles. The number of aromatic nitrogens is 4. The van der Waals surface area contributed by atoms with Crippen LogP contribution in [0.3, 0.4) is 0 Å². The van der Waals surface area contributed by atoms with E-state index in [9.17, 15) is 0 Å². The summed E-state index contributed by atoms with van der Waals surface area (Å²) in [5.74, 6) is 0.667. The van der Waals surface area contributed by atoms with Crippen LogP contribution < -0.4 is 5.32 Å². The van der Waals surface area contributed by atoms with Gasteiger partial charge in [-0.25, -0.2) is 4.68 Å². The summed E-state index contributed by atoms with van der Waals surface area (Å²) in [5.41, 5.74) is 3.26. The molecule has 3 N–H and O–H groups in total. The zero-order chi connectivity index (χ0) is 21.4. The minimum Gasteiger partial charge on any atom is -0.369 e. The molecule has 1 aliphatic carbocycles. The van der Waals surface area contributed by atoms with Gasteiger partial charge in [-0.2, -0.15) is 15.1 Å². The zero-order valence-corrected chi connectivity index (χ0v) is 18.3. The highest BCUT2D eigenvalue weighted by Gasteiger charge is 2.30. The molecule has 31 heavy (non-hydrogen) atoms. The summed E-state index contributed by atoms with van der Waals surface area (Å²) in [5, 5.41) is 9.00. The Bertz CT molecular complexity index is 1080. The molecule has 9 nitrogen and oxygen atoms in total. The molecule has 3 atom stereocenters. The zero-order valence-electron chi connectivity index (χ0n) is 16.7. The molecule has 0 spiro atoms. The van der Waals surface area contributed by atoms with E-state index in [1.165, 1.54) is 11.1 Å². The molecule has 1 aliphatic heterocycles. The topological polar surface area (TPSA) is 115 Å². The Balaban J connectivity index is 1.35. The van der Waals surface area contributed by atoms with Crippen LogP contribution in [-0.2, 0) is 15.9 Å². The van der Waals surface area contributed by atoms with Crippen LogP contribution in [0.5, 0.6) is 0 Å². The van der Waals surface area contributed by atoms with Crippen molar-refractivity contribution in [3.8, 4) is 0 Å². The van der Waals surface area contributed by atoms with Crippen molar-refractivity contribution in [2.45, 2.75) is 44.1 Å². The summed E-state index contributed by atoms with van der Waals surface area (Å²) < 4.78 is 13.1. The molecule has 11 heteroatoms. The smallest absolute Gasteiger partial charge is 0.226 e. The van der Waals surface area contributed by atoms with Gasteiger partial charge < -0.3 is 24.6 Å². The molecule has 0 saturated carbocycles. The van der Waals surface area contributed by atoms with Crippen molar-refractivity contribution in [3.63, 3.8) is 0 Å². The van der Waals surface area contributed by atoms with E-state index in [0.29, 0.717) is 18.1 Å². The highest BCUT2D eigenvalue weighted by Crippen LogP contribution is 2.36. The highest BCUT2D eigenvalue weighted by molar-refractivity contribution is 7.44. The van der Waals surface area contributed by atoms with E-state index in [-0.39, 0.29) is 30.0 Å². The molecule has 3 unspecified atom stereocenters. The molecule has 1 fully saturated rings. The number of hydrogen-bond donors (Lipinski definition) is 3. The summed E-state index contributed by atoms with van der Waals surface area (Å²) in [7, 11) is -2.06. The predicted octanol–water partition coefficient (Wildman–Crippen LogP) is 3.53. The van der Waals surface area contributed by atoms with E-state index in [0.717, 1.165) is 31.1 Å². The van der Waals surface area contributed by atoms with Crippen LogP contribution in [0.25, 0.3) is 11.0 Å². The standard InChI is InChI=1S/C20H23ClN5O4P/c21-20-24-18(23-16-7-5-12-3-1-2-4-14(12)16)15-9-22-26(19(15)25-20)17-8-6-13(30-17)10-29-11-31(27)28/h1-4,9,13,16-17,27-28H,5-8,10-11H2,(H,23,24,25). The van der Waals surface area contributed by atoms with Gasteiger partial charge >= 0.3 is 0 Å². The maximum atomic E-state index is 8.96. The van der Waals surface area contributed by atoms with Crippen LogP contribution in [0.1, 0.15) is 42.7 Å². The minimum absolute atomic E-state index is 0.0767. The number of nitrogens with one attached hydrogen (secondary N) is 1. The Kier molecular flexibility index (Phi) is 6.05. The first kappa shape index (κ1) is 21.0. The molecule has 2 aliphatic rings. The van der Waals surface area contributed by atoms with Crippen molar-refractivity contribution in [1.82, 2.24) is 19.7 Å². The number of anilines is 1. The number of aryl methyl sites for hydroxylation is 1. The molecule has 0 amide bonds. The van der Waals surface area contributed by atoms with Gasteiger partial charge in [0.15, 0.2) is 20.3 Å². The molecule has 0 radical (unpaired) electrons. The predicted molar refractivity (Wildman–Crippen MR) is 117 cm³/mol. The lowest BCUT2D eigenvalue weighted by Crippen LogP contribution is -2.17. The average molecular weight is 464 g/mol. The third-order valence-electron chi connectivity index (χ3n) is 5.74. The second kappa shape index (κ2) is 8.94. The number of benzene rings is 1. The maximum absolute atomic E-state index is 8.96. The van der Waals surface area contributed by atoms with Crippen LogP contribution in [0.2, 0.25) is 5.28 Å². The van der Waals surface area contributed by atoms with E-state index < -0.39 is 8.38 Å². The van der Waals surface area contributed by atoms with Gasteiger partial charge in [-0.05, 0) is 48.4 Å². The number of fused-ring (bicyclic) bond motifs is 2. The fourth-order valence-electron chi connectivity index (χ4n) is 4.35. The summed E-state index contributed by atoms with van der Waals surface area (Å²) >= 11 is 6.26. The van der Waals surface area contributed by atoms with Crippen molar-refractivity contribution >= 4 is 36.8 Å². The highest BCUT2D eigenvalue weighted by atomic mass is 35.5. The normalized spacial score (nSPS) is 23.0. The largest absolute Gasteiger partial charge is 0.369 e. The SMILES string of the molecule is OP(O)COCC1CCC(n2ncc3c(NC4CCc5ccccc54)nc(Cl)nc32)O1. The quantitative estimate of drug-likeness (QED) is 0.360. The molecule has 2 aromatic heterocycles. The third-order valence-corrected chi connectivity index (χ3v) is 6.32. The van der Waals surface area contributed by atoms with Gasteiger partial charge in [0, 0.05) is 0 Å². The van der Waals surface area contributed by atoms with Crippen LogP contribution in [0.15, 0.2) is 30.5 Å². The second-order valence-corrected chi connectivity index (χ2v) is 9.11. The Labute approximate surface area is 185 Å². The number of ether oxygens (including phenoxy) is 2. The molecule has 1 saturated heterocycles. The first-order valence-electron chi connectivity index (χ1n) is 10.2. The molecular formula is C20H23ClN5O4P. The van der Waals surface area contributed by atoms with Crippen LogP contribution in [-0.4, -0.2) is 48.6 Å². The lowest BCUT2D eigenvalue weighted by Gasteiger charge is -2.17. The van der Waals surface area contributed by atoms with Crippen molar-refractivity contribution in [2.75, 3.05) is 18.3 Å². The van der Waals surface area contributed by atoms with Crippen molar-refractivity contribution in [1.29, 1.82) is 0 Å². The first-order chi connectivity index (χ1) is 15.1. The van der Waals surface area contributed by atoms with E-state index in [1.54, 1.807) is 10.9 Å². The number of halogens is 1. The number of nitrogens with zero attached hydrogens (tertiary/aromatic N) is 4. The Hall–Kier alpha value is -1.87. The summed E-state index contributed by atoms with van der Waals surface area (Å²) in [4.78, 5) is 26.8. The summed E-state index contributed by atoms with van der Waals surface area (Å²) in [6.45, 7) is 0.305. The molecule has 1 aromatic carbocycles. The number of hydrogen-bond acceptors (Lipinski definition) is 8.